The average Bonchev–Trinajstić information content (AvgIpc) is 3.30. The van der Waals surface area contributed by atoms with E-state index in [1.807, 2.05) is 0 Å². The van der Waals surface area contributed by atoms with Crippen LogP contribution in [0.3, 0.4) is 0 Å². The third-order valence-corrected chi connectivity index (χ3v) is 8.25. The van der Waals surface area contributed by atoms with Crippen molar-refractivity contribution in [1.82, 2.24) is 20.0 Å². The van der Waals surface area contributed by atoms with Gasteiger partial charge in [-0.25, -0.2) is 17.6 Å². The zero-order valence-electron chi connectivity index (χ0n) is 22.8. The number of benzene rings is 3. The van der Waals surface area contributed by atoms with Gasteiger partial charge in [-0.1, -0.05) is 12.1 Å². The lowest BCUT2D eigenvalue weighted by atomic mass is 9.95. The fourth-order valence-corrected chi connectivity index (χ4v) is 6.08. The van der Waals surface area contributed by atoms with Gasteiger partial charge in [-0.05, 0) is 42.3 Å². The molecule has 3 aliphatic heterocycles. The summed E-state index contributed by atoms with van der Waals surface area (Å²) in [5.74, 6) is -4.85. The minimum atomic E-state index is -0.984. The number of rotatable bonds is 5. The first-order valence-corrected chi connectivity index (χ1v) is 13.8. The Kier molecular flexibility index (Phi) is 7.47. The molecule has 0 aromatic heterocycles. The maximum atomic E-state index is 14.9. The van der Waals surface area contributed by atoms with Crippen LogP contribution in [-0.2, 0) is 16.1 Å². The Morgan fingerprint density at radius 3 is 2.02 bits per heavy atom. The standard InChI is InChI=1S/C31H26F4N4O4/c32-19-2-5-22(24(34)14-19)28(23-6-3-20(33)15-25(23)35)37-9-11-38(12-10-37)30(42)17-1-4-21-18(13-17)16-39(31(21)43)26-7-8-27(40)36-29(26)41/h1-6,13-15,26,28H,7-12,16H2,(H,36,40,41). The summed E-state index contributed by atoms with van der Waals surface area (Å²) in [5.41, 5.74) is 1.37. The molecule has 1 atom stereocenters. The lowest BCUT2D eigenvalue weighted by Gasteiger charge is -2.40. The number of hydrogen-bond acceptors (Lipinski definition) is 5. The molecule has 3 aromatic rings. The van der Waals surface area contributed by atoms with E-state index in [1.165, 1.54) is 17.0 Å². The Bertz CT molecular complexity index is 1610. The number of imide groups is 1. The molecule has 0 aliphatic carbocycles. The Morgan fingerprint density at radius 2 is 1.44 bits per heavy atom. The molecule has 1 unspecified atom stereocenters. The summed E-state index contributed by atoms with van der Waals surface area (Å²) >= 11 is 0. The highest BCUT2D eigenvalue weighted by Gasteiger charge is 2.39. The van der Waals surface area contributed by atoms with Crippen LogP contribution < -0.4 is 5.32 Å². The lowest BCUT2D eigenvalue weighted by Crippen LogP contribution is -2.52. The van der Waals surface area contributed by atoms with Crippen molar-refractivity contribution in [2.75, 3.05) is 26.2 Å². The largest absolute Gasteiger partial charge is 0.336 e. The number of carbonyl (C=O) groups is 4. The molecule has 0 bridgehead atoms. The molecule has 3 heterocycles. The molecule has 6 rings (SSSR count). The van der Waals surface area contributed by atoms with Gasteiger partial charge in [0.2, 0.25) is 11.8 Å². The number of nitrogens with one attached hydrogen (secondary N) is 1. The van der Waals surface area contributed by atoms with Crippen LogP contribution >= 0.6 is 0 Å². The molecule has 8 nitrogen and oxygen atoms in total. The molecule has 4 amide bonds. The summed E-state index contributed by atoms with van der Waals surface area (Å²) in [4.78, 5) is 55.0. The third kappa shape index (κ3) is 5.38. The zero-order chi connectivity index (χ0) is 30.4. The highest BCUT2D eigenvalue weighted by atomic mass is 19.1. The van der Waals surface area contributed by atoms with Crippen LogP contribution in [0.15, 0.2) is 54.6 Å². The van der Waals surface area contributed by atoms with Crippen molar-refractivity contribution in [3.63, 3.8) is 0 Å². The van der Waals surface area contributed by atoms with Gasteiger partial charge in [-0.15, -0.1) is 0 Å². The summed E-state index contributed by atoms with van der Waals surface area (Å²) in [6, 6.07) is 9.02. The van der Waals surface area contributed by atoms with Crippen molar-refractivity contribution in [1.29, 1.82) is 0 Å². The molecule has 1 N–H and O–H groups in total. The fourth-order valence-electron chi connectivity index (χ4n) is 6.08. The third-order valence-electron chi connectivity index (χ3n) is 8.25. The normalized spacial score (nSPS) is 19.2. The Labute approximate surface area is 243 Å². The molecular formula is C31H26F4N4O4. The van der Waals surface area contributed by atoms with Gasteiger partial charge in [0.25, 0.3) is 11.8 Å². The molecule has 3 aromatic carbocycles. The van der Waals surface area contributed by atoms with E-state index in [0.29, 0.717) is 28.8 Å². The second kappa shape index (κ2) is 11.3. The van der Waals surface area contributed by atoms with Crippen molar-refractivity contribution in [3.8, 4) is 0 Å². The Morgan fingerprint density at radius 1 is 0.814 bits per heavy atom. The second-order valence-electron chi connectivity index (χ2n) is 10.8. The van der Waals surface area contributed by atoms with Gasteiger partial charge in [0.05, 0.1) is 6.04 Å². The van der Waals surface area contributed by atoms with Crippen molar-refractivity contribution in [2.24, 2.45) is 0 Å². The van der Waals surface area contributed by atoms with E-state index in [9.17, 15) is 36.7 Å². The predicted octanol–water partition coefficient (Wildman–Crippen LogP) is 3.55. The van der Waals surface area contributed by atoms with E-state index < -0.39 is 41.3 Å². The van der Waals surface area contributed by atoms with Crippen LogP contribution in [0.25, 0.3) is 0 Å². The highest BCUT2D eigenvalue weighted by molar-refractivity contribution is 6.06. The molecule has 0 radical (unpaired) electrons. The average molecular weight is 595 g/mol. The molecule has 222 valence electrons. The summed E-state index contributed by atoms with van der Waals surface area (Å²) in [5, 5.41) is 2.26. The first kappa shape index (κ1) is 28.5. The molecular weight excluding hydrogens is 568 g/mol. The van der Waals surface area contributed by atoms with Crippen LogP contribution in [-0.4, -0.2) is 70.5 Å². The quantitative estimate of drug-likeness (QED) is 0.361. The van der Waals surface area contributed by atoms with Crippen LogP contribution in [0, 0.1) is 23.3 Å². The van der Waals surface area contributed by atoms with Crippen molar-refractivity contribution in [3.05, 3.63) is 106 Å². The van der Waals surface area contributed by atoms with Crippen LogP contribution in [0.1, 0.15) is 56.3 Å². The molecule has 2 fully saturated rings. The Hall–Kier alpha value is -4.58. The van der Waals surface area contributed by atoms with Crippen LogP contribution in [0.4, 0.5) is 17.6 Å². The van der Waals surface area contributed by atoms with Crippen LogP contribution in [0.2, 0.25) is 0 Å². The number of fused-ring (bicyclic) bond motifs is 1. The summed E-state index contributed by atoms with van der Waals surface area (Å²) in [7, 11) is 0. The minimum absolute atomic E-state index is 0.0236. The summed E-state index contributed by atoms with van der Waals surface area (Å²) in [6.07, 6.45) is 0.361. The monoisotopic (exact) mass is 594 g/mol. The van der Waals surface area contributed by atoms with E-state index in [4.69, 9.17) is 0 Å². The SMILES string of the molecule is O=C1CCC(N2Cc3cc(C(=O)N4CCN(C(c5ccc(F)cc5F)c5ccc(F)cc5F)CC4)ccc3C2=O)C(=O)N1. The maximum absolute atomic E-state index is 14.9. The number of halogens is 4. The van der Waals surface area contributed by atoms with E-state index in [2.05, 4.69) is 5.32 Å². The molecule has 3 aliphatic rings. The molecule has 2 saturated heterocycles. The molecule has 43 heavy (non-hydrogen) atoms. The zero-order valence-corrected chi connectivity index (χ0v) is 22.8. The van der Waals surface area contributed by atoms with Crippen molar-refractivity contribution < 1.29 is 36.7 Å². The van der Waals surface area contributed by atoms with Gasteiger partial charge in [0.1, 0.15) is 29.3 Å². The van der Waals surface area contributed by atoms with Gasteiger partial charge in [-0.3, -0.25) is 29.4 Å². The first-order valence-electron chi connectivity index (χ1n) is 13.8. The van der Waals surface area contributed by atoms with E-state index in [1.54, 1.807) is 28.0 Å². The van der Waals surface area contributed by atoms with Gasteiger partial charge < -0.3 is 9.80 Å². The smallest absolute Gasteiger partial charge is 0.255 e. The fraction of sp³-hybridized carbons (Fsp3) is 0.290. The molecule has 12 heteroatoms. The van der Waals surface area contributed by atoms with Gasteiger partial charge in [-0.2, -0.15) is 0 Å². The number of piperazine rings is 1. The highest BCUT2D eigenvalue weighted by Crippen LogP contribution is 2.34. The van der Waals surface area contributed by atoms with Gasteiger partial charge in [0, 0.05) is 73.5 Å². The van der Waals surface area contributed by atoms with Crippen molar-refractivity contribution >= 4 is 23.6 Å². The van der Waals surface area contributed by atoms with Gasteiger partial charge in [0.15, 0.2) is 0 Å². The van der Waals surface area contributed by atoms with E-state index >= 15 is 0 Å². The summed E-state index contributed by atoms with van der Waals surface area (Å²) in [6.45, 7) is 0.982. The molecule has 0 spiro atoms. The van der Waals surface area contributed by atoms with E-state index in [-0.39, 0.29) is 74.4 Å². The topological polar surface area (TPSA) is 90.0 Å². The van der Waals surface area contributed by atoms with Gasteiger partial charge >= 0.3 is 0 Å². The first-order chi connectivity index (χ1) is 20.6. The van der Waals surface area contributed by atoms with Crippen molar-refractivity contribution in [2.45, 2.75) is 31.5 Å². The van der Waals surface area contributed by atoms with E-state index in [0.717, 1.165) is 12.1 Å². The number of amides is 4. The Balaban J connectivity index is 1.18. The number of carbonyl (C=O) groups excluding carboxylic acids is 4. The number of piperidine rings is 1. The second-order valence-corrected chi connectivity index (χ2v) is 10.8. The number of hydrogen-bond donors (Lipinski definition) is 1. The number of nitrogens with zero attached hydrogens (tertiary/aromatic N) is 3. The lowest BCUT2D eigenvalue weighted by molar-refractivity contribution is -0.136. The predicted molar refractivity (Wildman–Crippen MR) is 145 cm³/mol. The van der Waals surface area contributed by atoms with Crippen LogP contribution in [0.5, 0.6) is 0 Å². The maximum Gasteiger partial charge on any atom is 0.255 e. The summed E-state index contributed by atoms with van der Waals surface area (Å²) < 4.78 is 57.2. The molecule has 0 saturated carbocycles. The minimum Gasteiger partial charge on any atom is -0.336 e.